The predicted octanol–water partition coefficient (Wildman–Crippen LogP) is 2.94. The summed E-state index contributed by atoms with van der Waals surface area (Å²) in [7, 11) is 3.14. The number of fused-ring (bicyclic) bond motifs is 1. The fourth-order valence-corrected chi connectivity index (χ4v) is 4.88. The van der Waals surface area contributed by atoms with Gasteiger partial charge in [-0.25, -0.2) is 4.98 Å². The standard InChI is InChI=1S/C21H23N3O5S/c1-28-12-7-8-15(17(9-12)29-2)16-11-30-21(22-16)23-18(25)10-24-19(26)13-5-3-4-6-14(13)20(24)27/h7-9,11,13-14H,3-6,10H2,1-2H3,(H,22,23,25)/t13-,14-/m1/s1. The SMILES string of the molecule is COc1ccc(-c2csc(NC(=O)CN3C(=O)[C@@H]4CCCC[C@H]4C3=O)n2)c(OC)c1. The zero-order valence-corrected chi connectivity index (χ0v) is 17.7. The number of carbonyl (C=O) groups excluding carboxylic acids is 3. The van der Waals surface area contributed by atoms with Crippen molar-refractivity contribution in [3.8, 4) is 22.8 Å². The van der Waals surface area contributed by atoms with E-state index in [-0.39, 0.29) is 30.2 Å². The second kappa shape index (κ2) is 8.43. The van der Waals surface area contributed by atoms with E-state index in [0.29, 0.717) is 22.3 Å². The molecule has 1 aromatic carbocycles. The van der Waals surface area contributed by atoms with Gasteiger partial charge in [-0.3, -0.25) is 19.3 Å². The summed E-state index contributed by atoms with van der Waals surface area (Å²) in [4.78, 5) is 43.1. The molecular formula is C21H23N3O5S. The summed E-state index contributed by atoms with van der Waals surface area (Å²) >= 11 is 1.26. The molecule has 1 aromatic heterocycles. The first-order chi connectivity index (χ1) is 14.5. The van der Waals surface area contributed by atoms with Crippen LogP contribution in [-0.2, 0) is 14.4 Å². The van der Waals surface area contributed by atoms with Crippen molar-refractivity contribution in [3.05, 3.63) is 23.6 Å². The van der Waals surface area contributed by atoms with Gasteiger partial charge in [0.2, 0.25) is 17.7 Å². The van der Waals surface area contributed by atoms with E-state index in [2.05, 4.69) is 10.3 Å². The molecule has 2 atom stereocenters. The van der Waals surface area contributed by atoms with E-state index in [0.717, 1.165) is 36.1 Å². The predicted molar refractivity (Wildman–Crippen MR) is 111 cm³/mol. The maximum absolute atomic E-state index is 12.5. The van der Waals surface area contributed by atoms with E-state index < -0.39 is 5.91 Å². The quantitative estimate of drug-likeness (QED) is 0.709. The van der Waals surface area contributed by atoms with Gasteiger partial charge in [0.05, 0.1) is 31.7 Å². The van der Waals surface area contributed by atoms with Crippen LogP contribution in [0.5, 0.6) is 11.5 Å². The van der Waals surface area contributed by atoms with Crippen molar-refractivity contribution in [3.63, 3.8) is 0 Å². The molecule has 1 N–H and O–H groups in total. The molecule has 0 radical (unpaired) electrons. The molecule has 2 fully saturated rings. The zero-order valence-electron chi connectivity index (χ0n) is 16.8. The number of thiazole rings is 1. The minimum absolute atomic E-state index is 0.220. The third-order valence-corrected chi connectivity index (χ3v) is 6.43. The van der Waals surface area contributed by atoms with Crippen LogP contribution in [0.4, 0.5) is 5.13 Å². The summed E-state index contributed by atoms with van der Waals surface area (Å²) in [6.45, 7) is -0.272. The van der Waals surface area contributed by atoms with Crippen LogP contribution in [0, 0.1) is 11.8 Å². The fraction of sp³-hybridized carbons (Fsp3) is 0.429. The molecule has 2 heterocycles. The van der Waals surface area contributed by atoms with Gasteiger partial charge in [-0.1, -0.05) is 12.8 Å². The number of ether oxygens (including phenoxy) is 2. The molecule has 0 spiro atoms. The number of imide groups is 1. The van der Waals surface area contributed by atoms with Crippen molar-refractivity contribution in [2.24, 2.45) is 11.8 Å². The third kappa shape index (κ3) is 3.77. The highest BCUT2D eigenvalue weighted by Crippen LogP contribution is 2.38. The summed E-state index contributed by atoms with van der Waals surface area (Å²) in [5.41, 5.74) is 1.41. The lowest BCUT2D eigenvalue weighted by atomic mass is 9.81. The number of methoxy groups -OCH3 is 2. The second-order valence-corrected chi connectivity index (χ2v) is 8.27. The van der Waals surface area contributed by atoms with Gasteiger partial charge in [-0.2, -0.15) is 0 Å². The second-order valence-electron chi connectivity index (χ2n) is 7.41. The Balaban J connectivity index is 1.44. The number of benzene rings is 1. The molecule has 158 valence electrons. The smallest absolute Gasteiger partial charge is 0.246 e. The number of anilines is 1. The monoisotopic (exact) mass is 429 g/mol. The number of rotatable bonds is 6. The maximum Gasteiger partial charge on any atom is 0.246 e. The minimum Gasteiger partial charge on any atom is -0.497 e. The minimum atomic E-state index is -0.432. The summed E-state index contributed by atoms with van der Waals surface area (Å²) in [5, 5.41) is 4.90. The summed E-state index contributed by atoms with van der Waals surface area (Å²) in [5.74, 6) is -0.113. The fourth-order valence-electron chi connectivity index (χ4n) is 4.15. The van der Waals surface area contributed by atoms with Crippen LogP contribution in [0.1, 0.15) is 25.7 Å². The summed E-state index contributed by atoms with van der Waals surface area (Å²) in [6, 6.07) is 5.40. The van der Waals surface area contributed by atoms with E-state index in [4.69, 9.17) is 9.47 Å². The molecule has 3 amide bonds. The number of amides is 3. The molecule has 1 aliphatic carbocycles. The Kier molecular flexibility index (Phi) is 5.72. The first kappa shape index (κ1) is 20.3. The van der Waals surface area contributed by atoms with Crippen LogP contribution in [0.3, 0.4) is 0 Å². The van der Waals surface area contributed by atoms with Gasteiger partial charge in [-0.15, -0.1) is 11.3 Å². The first-order valence-corrected chi connectivity index (χ1v) is 10.7. The molecule has 2 aliphatic rings. The van der Waals surface area contributed by atoms with Crippen LogP contribution in [-0.4, -0.2) is 48.4 Å². The van der Waals surface area contributed by atoms with Crippen molar-refractivity contribution >= 4 is 34.2 Å². The number of carbonyl (C=O) groups is 3. The molecular weight excluding hydrogens is 406 g/mol. The van der Waals surface area contributed by atoms with Crippen molar-refractivity contribution in [2.45, 2.75) is 25.7 Å². The van der Waals surface area contributed by atoms with Gasteiger partial charge in [0, 0.05) is 17.0 Å². The van der Waals surface area contributed by atoms with Gasteiger partial charge >= 0.3 is 0 Å². The van der Waals surface area contributed by atoms with Gasteiger partial charge in [0.1, 0.15) is 18.0 Å². The normalized spacial score (nSPS) is 20.8. The number of nitrogens with zero attached hydrogens (tertiary/aromatic N) is 2. The lowest BCUT2D eigenvalue weighted by molar-refractivity contribution is -0.142. The zero-order chi connectivity index (χ0) is 21.3. The van der Waals surface area contributed by atoms with Crippen LogP contribution in [0.2, 0.25) is 0 Å². The lowest BCUT2D eigenvalue weighted by Crippen LogP contribution is -2.38. The highest BCUT2D eigenvalue weighted by molar-refractivity contribution is 7.14. The van der Waals surface area contributed by atoms with E-state index in [1.807, 2.05) is 6.07 Å². The highest BCUT2D eigenvalue weighted by atomic mass is 32.1. The van der Waals surface area contributed by atoms with E-state index >= 15 is 0 Å². The molecule has 30 heavy (non-hydrogen) atoms. The average Bonchev–Trinajstić information content (AvgIpc) is 3.32. The van der Waals surface area contributed by atoms with Crippen molar-refractivity contribution < 1.29 is 23.9 Å². The van der Waals surface area contributed by atoms with Crippen molar-refractivity contribution in [1.29, 1.82) is 0 Å². The van der Waals surface area contributed by atoms with Crippen LogP contribution in [0.15, 0.2) is 23.6 Å². The van der Waals surface area contributed by atoms with Gasteiger partial charge in [0.15, 0.2) is 5.13 Å². The Morgan fingerprint density at radius 2 is 1.87 bits per heavy atom. The Hall–Kier alpha value is -2.94. The lowest BCUT2D eigenvalue weighted by Gasteiger charge is -2.19. The Labute approximate surface area is 178 Å². The maximum atomic E-state index is 12.5. The van der Waals surface area contributed by atoms with Gasteiger partial charge in [-0.05, 0) is 25.0 Å². The average molecular weight is 429 g/mol. The molecule has 9 heteroatoms. The van der Waals surface area contributed by atoms with Crippen molar-refractivity contribution in [2.75, 3.05) is 26.1 Å². The molecule has 0 bridgehead atoms. The number of aromatic nitrogens is 1. The van der Waals surface area contributed by atoms with Gasteiger partial charge < -0.3 is 14.8 Å². The topological polar surface area (TPSA) is 97.8 Å². The molecule has 2 aromatic rings. The van der Waals surface area contributed by atoms with Gasteiger partial charge in [0.25, 0.3) is 0 Å². The molecule has 1 aliphatic heterocycles. The largest absolute Gasteiger partial charge is 0.497 e. The third-order valence-electron chi connectivity index (χ3n) is 5.67. The summed E-state index contributed by atoms with van der Waals surface area (Å²) in [6.07, 6.45) is 3.37. The van der Waals surface area contributed by atoms with Crippen molar-refractivity contribution in [1.82, 2.24) is 9.88 Å². The van der Waals surface area contributed by atoms with E-state index in [1.165, 1.54) is 11.3 Å². The number of nitrogens with one attached hydrogen (secondary N) is 1. The highest BCUT2D eigenvalue weighted by Gasteiger charge is 2.48. The van der Waals surface area contributed by atoms with E-state index in [1.54, 1.807) is 31.7 Å². The molecule has 8 nitrogen and oxygen atoms in total. The number of hydrogen-bond acceptors (Lipinski definition) is 7. The molecule has 1 saturated carbocycles. The number of hydrogen-bond donors (Lipinski definition) is 1. The Morgan fingerprint density at radius 1 is 1.17 bits per heavy atom. The first-order valence-electron chi connectivity index (χ1n) is 9.85. The molecule has 0 unspecified atom stereocenters. The number of likely N-dealkylation sites (tertiary alicyclic amines) is 1. The Bertz CT molecular complexity index is 965. The van der Waals surface area contributed by atoms with Crippen LogP contribution >= 0.6 is 11.3 Å². The van der Waals surface area contributed by atoms with Crippen LogP contribution in [0.25, 0.3) is 11.3 Å². The summed E-state index contributed by atoms with van der Waals surface area (Å²) < 4.78 is 10.6. The molecule has 1 saturated heterocycles. The Morgan fingerprint density at radius 3 is 2.50 bits per heavy atom. The molecule has 4 rings (SSSR count). The van der Waals surface area contributed by atoms with Crippen LogP contribution < -0.4 is 14.8 Å². The van der Waals surface area contributed by atoms with E-state index in [9.17, 15) is 14.4 Å².